The van der Waals surface area contributed by atoms with Gasteiger partial charge >= 0.3 is 0 Å². The Morgan fingerprint density at radius 2 is 1.66 bits per heavy atom. The number of aliphatic hydroxyl groups is 1. The second-order valence-corrected chi connectivity index (χ2v) is 8.06. The van der Waals surface area contributed by atoms with Crippen molar-refractivity contribution in [3.05, 3.63) is 120 Å². The van der Waals surface area contributed by atoms with E-state index < -0.39 is 6.04 Å². The van der Waals surface area contributed by atoms with E-state index in [0.29, 0.717) is 12.3 Å². The van der Waals surface area contributed by atoms with E-state index in [1.54, 1.807) is 23.0 Å². The minimum atomic E-state index is -0.519. The third kappa shape index (κ3) is 5.05. The van der Waals surface area contributed by atoms with E-state index in [0.717, 1.165) is 28.0 Å². The third-order valence-corrected chi connectivity index (χ3v) is 5.71. The Balaban J connectivity index is 1.34. The maximum absolute atomic E-state index is 12.9. The van der Waals surface area contributed by atoms with Gasteiger partial charge in [-0.1, -0.05) is 72.8 Å². The van der Waals surface area contributed by atoms with Crippen molar-refractivity contribution in [1.29, 1.82) is 0 Å². The van der Waals surface area contributed by atoms with Gasteiger partial charge in [0.25, 0.3) is 5.91 Å². The Morgan fingerprint density at radius 1 is 0.943 bits per heavy atom. The molecule has 0 aliphatic carbocycles. The molecule has 0 radical (unpaired) electrons. The van der Waals surface area contributed by atoms with Crippen molar-refractivity contribution in [2.45, 2.75) is 12.6 Å². The predicted octanol–water partition coefficient (Wildman–Crippen LogP) is 4.44. The lowest BCUT2D eigenvalue weighted by Crippen LogP contribution is -2.31. The van der Waals surface area contributed by atoms with Crippen LogP contribution in [0.5, 0.6) is 5.75 Å². The van der Waals surface area contributed by atoms with Gasteiger partial charge in [-0.2, -0.15) is 5.10 Å². The predicted molar refractivity (Wildman–Crippen MR) is 133 cm³/mol. The molecule has 2 heterocycles. The fourth-order valence-electron chi connectivity index (χ4n) is 3.82. The third-order valence-electron chi connectivity index (χ3n) is 5.71. The van der Waals surface area contributed by atoms with Crippen LogP contribution in [0.3, 0.4) is 0 Å². The topological polar surface area (TPSA) is 88.8 Å². The Hall–Kier alpha value is -4.49. The van der Waals surface area contributed by atoms with Crippen molar-refractivity contribution in [2.75, 3.05) is 6.61 Å². The Kier molecular flexibility index (Phi) is 6.50. The van der Waals surface area contributed by atoms with Crippen LogP contribution in [0.25, 0.3) is 16.8 Å². The second-order valence-electron chi connectivity index (χ2n) is 8.06. The number of hydrogen-bond acceptors (Lipinski definition) is 5. The van der Waals surface area contributed by atoms with Gasteiger partial charge in [0.1, 0.15) is 18.1 Å². The lowest BCUT2D eigenvalue weighted by Gasteiger charge is -2.16. The number of hydrogen-bond donors (Lipinski definition) is 2. The number of carbonyl (C=O) groups excluding carboxylic acids is 1. The average molecular weight is 465 g/mol. The first kappa shape index (κ1) is 22.3. The SMILES string of the molecule is O=C(N[C@@H](CO)c1ccccc1)c1ccn2ncc(-c3ccc(OCc4ccccc4)cc3)c2n1. The van der Waals surface area contributed by atoms with E-state index in [2.05, 4.69) is 15.4 Å². The molecule has 0 bridgehead atoms. The molecular formula is C28H24N4O3. The lowest BCUT2D eigenvalue weighted by molar-refractivity contribution is 0.0911. The zero-order valence-electron chi connectivity index (χ0n) is 18.9. The first-order chi connectivity index (χ1) is 17.2. The number of fused-ring (bicyclic) bond motifs is 1. The molecule has 5 rings (SSSR count). The highest BCUT2D eigenvalue weighted by atomic mass is 16.5. The molecule has 2 aromatic heterocycles. The Bertz CT molecular complexity index is 1420. The van der Waals surface area contributed by atoms with Crippen LogP contribution in [0.15, 0.2) is 103 Å². The van der Waals surface area contributed by atoms with Crippen LogP contribution in [0, 0.1) is 0 Å². The molecule has 2 N–H and O–H groups in total. The zero-order chi connectivity index (χ0) is 24.0. The summed E-state index contributed by atoms with van der Waals surface area (Å²) in [5, 5.41) is 17.0. The van der Waals surface area contributed by atoms with Gasteiger partial charge in [-0.25, -0.2) is 9.50 Å². The number of aromatic nitrogens is 3. The molecule has 0 aliphatic rings. The van der Waals surface area contributed by atoms with Crippen molar-refractivity contribution in [2.24, 2.45) is 0 Å². The molecule has 174 valence electrons. The number of nitrogens with zero attached hydrogens (tertiary/aromatic N) is 3. The summed E-state index contributed by atoms with van der Waals surface area (Å²) in [5.74, 6) is 0.394. The summed E-state index contributed by atoms with van der Waals surface area (Å²) >= 11 is 0. The van der Waals surface area contributed by atoms with Gasteiger partial charge in [-0.05, 0) is 34.9 Å². The molecule has 0 spiro atoms. The maximum Gasteiger partial charge on any atom is 0.270 e. The quantitative estimate of drug-likeness (QED) is 0.355. The Labute approximate surface area is 202 Å². The number of ether oxygens (including phenoxy) is 1. The molecule has 1 atom stereocenters. The molecule has 1 amide bonds. The first-order valence-electron chi connectivity index (χ1n) is 11.3. The van der Waals surface area contributed by atoms with Gasteiger partial charge in [-0.15, -0.1) is 0 Å². The molecule has 7 heteroatoms. The molecule has 0 aliphatic heterocycles. The summed E-state index contributed by atoms with van der Waals surface area (Å²) in [6.07, 6.45) is 3.43. The molecule has 0 unspecified atom stereocenters. The van der Waals surface area contributed by atoms with Gasteiger partial charge in [0.15, 0.2) is 5.65 Å². The van der Waals surface area contributed by atoms with Gasteiger partial charge in [-0.3, -0.25) is 4.79 Å². The second kappa shape index (κ2) is 10.2. The highest BCUT2D eigenvalue weighted by molar-refractivity contribution is 5.93. The molecule has 7 nitrogen and oxygen atoms in total. The molecular weight excluding hydrogens is 440 g/mol. The van der Waals surface area contributed by atoms with Crippen molar-refractivity contribution >= 4 is 11.6 Å². The molecule has 3 aromatic carbocycles. The van der Waals surface area contributed by atoms with Gasteiger partial charge < -0.3 is 15.2 Å². The largest absolute Gasteiger partial charge is 0.489 e. The van der Waals surface area contributed by atoms with Crippen LogP contribution in [0.2, 0.25) is 0 Å². The fraction of sp³-hybridized carbons (Fsp3) is 0.107. The molecule has 0 saturated heterocycles. The number of carbonyl (C=O) groups is 1. The average Bonchev–Trinajstić information content (AvgIpc) is 3.35. The highest BCUT2D eigenvalue weighted by Crippen LogP contribution is 2.26. The number of rotatable bonds is 8. The fourth-order valence-corrected chi connectivity index (χ4v) is 3.82. The Morgan fingerprint density at radius 3 is 2.37 bits per heavy atom. The molecule has 5 aromatic rings. The monoisotopic (exact) mass is 464 g/mol. The van der Waals surface area contributed by atoms with Gasteiger partial charge in [0.05, 0.1) is 18.8 Å². The van der Waals surface area contributed by atoms with Crippen LogP contribution in [0.1, 0.15) is 27.7 Å². The summed E-state index contributed by atoms with van der Waals surface area (Å²) in [6, 6.07) is 28.1. The van der Waals surface area contributed by atoms with E-state index in [4.69, 9.17) is 4.74 Å². The van der Waals surface area contributed by atoms with E-state index in [1.807, 2.05) is 84.9 Å². The van der Waals surface area contributed by atoms with Crippen molar-refractivity contribution in [3.8, 4) is 16.9 Å². The normalized spacial score (nSPS) is 11.8. The lowest BCUT2D eigenvalue weighted by atomic mass is 10.1. The van der Waals surface area contributed by atoms with Crippen LogP contribution in [0.4, 0.5) is 0 Å². The van der Waals surface area contributed by atoms with E-state index in [-0.39, 0.29) is 18.2 Å². The minimum Gasteiger partial charge on any atom is -0.489 e. The smallest absolute Gasteiger partial charge is 0.270 e. The maximum atomic E-state index is 12.9. The van der Waals surface area contributed by atoms with Gasteiger partial charge in [0.2, 0.25) is 0 Å². The van der Waals surface area contributed by atoms with Crippen molar-refractivity contribution in [1.82, 2.24) is 19.9 Å². The summed E-state index contributed by atoms with van der Waals surface area (Å²) < 4.78 is 7.51. The van der Waals surface area contributed by atoms with E-state index in [1.165, 1.54) is 0 Å². The van der Waals surface area contributed by atoms with Crippen LogP contribution >= 0.6 is 0 Å². The van der Waals surface area contributed by atoms with E-state index >= 15 is 0 Å². The standard InChI is InChI=1S/C28H24N4O3/c33-18-26(22-9-5-2-6-10-22)31-28(34)25-15-16-32-27(30-25)24(17-29-32)21-11-13-23(14-12-21)35-19-20-7-3-1-4-8-20/h1-17,26,33H,18-19H2,(H,31,34)/t26-/m0/s1. The zero-order valence-corrected chi connectivity index (χ0v) is 18.9. The summed E-state index contributed by atoms with van der Waals surface area (Å²) in [7, 11) is 0. The van der Waals surface area contributed by atoms with Crippen LogP contribution in [-0.2, 0) is 6.61 Å². The minimum absolute atomic E-state index is 0.214. The van der Waals surface area contributed by atoms with Crippen molar-refractivity contribution in [3.63, 3.8) is 0 Å². The number of aliphatic hydroxyl groups excluding tert-OH is 1. The summed E-state index contributed by atoms with van der Waals surface area (Å²) in [4.78, 5) is 17.5. The molecule has 0 saturated carbocycles. The summed E-state index contributed by atoms with van der Waals surface area (Å²) in [5.41, 5.74) is 4.45. The first-order valence-corrected chi connectivity index (χ1v) is 11.3. The van der Waals surface area contributed by atoms with Gasteiger partial charge in [0, 0.05) is 11.8 Å². The number of nitrogens with one attached hydrogen (secondary N) is 1. The molecule has 0 fully saturated rings. The van der Waals surface area contributed by atoms with Crippen LogP contribution in [-0.4, -0.2) is 32.2 Å². The summed E-state index contributed by atoms with van der Waals surface area (Å²) in [6.45, 7) is 0.281. The number of amides is 1. The van der Waals surface area contributed by atoms with Crippen molar-refractivity contribution < 1.29 is 14.6 Å². The molecule has 35 heavy (non-hydrogen) atoms. The van der Waals surface area contributed by atoms with Crippen LogP contribution < -0.4 is 10.1 Å². The number of benzene rings is 3. The van der Waals surface area contributed by atoms with E-state index in [9.17, 15) is 9.90 Å². The highest BCUT2D eigenvalue weighted by Gasteiger charge is 2.17.